The number of nitrogens with zero attached hydrogens (tertiary/aromatic N) is 3. The number of carbonyl (C=O) groups excluding carboxylic acids is 16. The second-order valence-electron chi connectivity index (χ2n) is 29.9. The number of carbonyl (C=O) groups is 18. The van der Waals surface area contributed by atoms with Crippen molar-refractivity contribution in [2.45, 2.75) is 226 Å². The molecule has 49 nitrogen and oxygen atoms in total. The molecule has 0 saturated carbocycles. The summed E-state index contributed by atoms with van der Waals surface area (Å²) < 4.78 is 0. The van der Waals surface area contributed by atoms with E-state index in [4.69, 9.17) is 39.8 Å². The van der Waals surface area contributed by atoms with Gasteiger partial charge in [-0.3, -0.25) is 86.9 Å². The summed E-state index contributed by atoms with van der Waals surface area (Å²) in [4.78, 5) is 261. The van der Waals surface area contributed by atoms with Crippen molar-refractivity contribution in [3.05, 3.63) is 66.3 Å². The number of thioether (sulfide) groups is 1. The maximum absolute atomic E-state index is 14.8. The number of aliphatic carboxylic acids is 2. The minimum atomic E-state index is -1.95. The van der Waals surface area contributed by atoms with E-state index in [1.807, 2.05) is 0 Å². The highest BCUT2D eigenvalue weighted by molar-refractivity contribution is 7.98. The molecule has 0 bridgehead atoms. The molecule has 0 unspecified atom stereocenters. The molecule has 1 saturated heterocycles. The Bertz CT molecular complexity index is 4170. The first-order valence-electron chi connectivity index (χ1n) is 40.9. The Balaban J connectivity index is 1.56. The number of aromatic hydroxyl groups is 1. The number of benzene rings is 1. The maximum Gasteiger partial charge on any atom is 0.327 e. The lowest BCUT2D eigenvalue weighted by atomic mass is 10.0. The van der Waals surface area contributed by atoms with Gasteiger partial charge in [-0.15, -0.1) is 0 Å². The lowest BCUT2D eigenvalue weighted by Gasteiger charge is -2.31. The number of phenols is 1. The van der Waals surface area contributed by atoms with E-state index >= 15 is 0 Å². The summed E-state index contributed by atoms with van der Waals surface area (Å²) in [6, 6.07) is -16.6. The number of hydrogen-bond donors (Lipinski definition) is 29. The van der Waals surface area contributed by atoms with E-state index in [0.29, 0.717) is 17.7 Å². The fourth-order valence-corrected chi connectivity index (χ4v) is 13.6. The molecule has 127 heavy (non-hydrogen) atoms. The van der Waals surface area contributed by atoms with Crippen LogP contribution in [0, 0.1) is 5.41 Å². The van der Waals surface area contributed by atoms with Gasteiger partial charge in [0.2, 0.25) is 94.5 Å². The summed E-state index contributed by atoms with van der Waals surface area (Å²) in [6.45, 7) is -0.956. The van der Waals surface area contributed by atoms with Gasteiger partial charge in [0.25, 0.3) is 0 Å². The first-order valence-corrected chi connectivity index (χ1v) is 42.9. The number of rotatable bonds is 61. The number of amides is 16. The number of primary amides is 2. The molecule has 0 aliphatic carbocycles. The van der Waals surface area contributed by atoms with E-state index in [9.17, 15) is 112 Å². The van der Waals surface area contributed by atoms with Gasteiger partial charge in [-0.25, -0.2) is 14.8 Å². The molecule has 4 rings (SSSR count). The normalized spacial score (nSPS) is 15.6. The lowest BCUT2D eigenvalue weighted by molar-refractivity contribution is -0.143. The van der Waals surface area contributed by atoms with Gasteiger partial charge in [0, 0.05) is 69.8 Å². The van der Waals surface area contributed by atoms with Crippen molar-refractivity contribution in [3.8, 4) is 5.75 Å². The smallest absolute Gasteiger partial charge is 0.327 e. The van der Waals surface area contributed by atoms with E-state index in [-0.39, 0.29) is 139 Å². The van der Waals surface area contributed by atoms with Gasteiger partial charge in [0.15, 0.2) is 5.96 Å². The molecule has 1 aromatic carbocycles. The Kier molecular flexibility index (Phi) is 47.7. The van der Waals surface area contributed by atoms with Crippen LogP contribution in [0.2, 0.25) is 0 Å². The number of hydrogen-bond acceptors (Lipinski definition) is 29. The van der Waals surface area contributed by atoms with Crippen LogP contribution in [0.15, 0.2) is 49.3 Å². The summed E-state index contributed by atoms with van der Waals surface area (Å²) in [7, 11) is 0. The predicted molar refractivity (Wildman–Crippen MR) is 457 cm³/mol. The molecule has 16 amide bonds. The monoisotopic (exact) mass is 1830 g/mol. The van der Waals surface area contributed by atoms with E-state index in [2.05, 4.69) is 107 Å². The molecular weight excluding hydrogens is 1710 g/mol. The van der Waals surface area contributed by atoms with Crippen molar-refractivity contribution in [3.63, 3.8) is 0 Å². The molecule has 51 heteroatoms. The largest absolute Gasteiger partial charge is 0.508 e. The molecule has 0 radical (unpaired) electrons. The standard InChI is InChI=1S/C76H120N26O23S2/c1-39(104)61(73(122)87-34-59(108)90-47(19-22-60(109)110)65(114)95-50(10-4-6-25-78)74(123)102-27-8-12-56(102)72(121)98-51(29-40-13-15-43(105)16-14-40)68(117)94-48(18-21-58(81)107)66(115)100-55(36-126)75(124)125)101-70(119)53(31-42-33-85-38-89-42)97-64(113)45(9-3-5-24-77)92-63(112)46(11-7-26-86-76(82)83)93-71(120)54(35-103)99-69(118)52(30-41-32-84-37-88-41)96-67(116)49(23-28-127-2)91-62(111)44(79)17-20-57(80)106/h13-16,32-33,37-39,44-56,61,103-105,126H,3-12,17-31,34-36,77-79H2,1-2H3,(H2,80,106)(H2,81,107)(H,84,88)(H,85,89)(H,87,122)(H,90,108)(H,91,111)(H,92,112)(H,93,120)(H,94,117)(H,95,114)(H,96,116)(H,97,113)(H,98,121)(H,99,118)(H,100,115)(H,101,119)(H,109,110)(H,124,125)(H4,82,83,86)/t39-,44+,45+,46+,47+,48+,49+,50+,51+,52+,53+,54+,55+,56+,61+/m1/s1. The van der Waals surface area contributed by atoms with Crippen molar-refractivity contribution < 1.29 is 112 Å². The molecule has 0 spiro atoms. The van der Waals surface area contributed by atoms with Crippen molar-refractivity contribution in [1.29, 1.82) is 5.41 Å². The fourth-order valence-electron chi connectivity index (χ4n) is 12.8. The average Bonchev–Trinajstić information content (AvgIpc) is 1.70. The van der Waals surface area contributed by atoms with Gasteiger partial charge in [-0.1, -0.05) is 12.1 Å². The minimum absolute atomic E-state index is 0.000846. The van der Waals surface area contributed by atoms with Crippen LogP contribution in [0.4, 0.5) is 0 Å². The topological polar surface area (TPSA) is 817 Å². The molecule has 1 aliphatic rings. The molecule has 3 aromatic rings. The third kappa shape index (κ3) is 39.0. The number of nitrogens with one attached hydrogen (secondary N) is 17. The highest BCUT2D eigenvalue weighted by Gasteiger charge is 2.42. The van der Waals surface area contributed by atoms with Crippen LogP contribution in [-0.2, 0) is 106 Å². The average molecular weight is 1830 g/mol. The summed E-state index contributed by atoms with van der Waals surface area (Å²) in [5, 5.41) is 93.1. The van der Waals surface area contributed by atoms with Gasteiger partial charge in [0.1, 0.15) is 84.3 Å². The zero-order valence-electron chi connectivity index (χ0n) is 70.3. The SMILES string of the molecule is CSCC[C@H](NC(=O)[C@@H](N)CCC(N)=O)C(=O)N[C@@H](Cc1c[nH]cn1)C(=O)N[C@@H](CO)C(=O)N[C@@H](CCCNC(=N)N)C(=O)N[C@@H](CCCCN)C(=O)N[C@@H](Cc1c[nH]cn1)C(=O)N[C@H](C(=O)NCC(=O)N[C@@H](CCC(=O)O)C(=O)N[C@@H](CCCCN)C(=O)N1CCC[C@H]1C(=O)N[C@@H](Cc1ccc(O)cc1)C(=O)N[C@@H](CCC(N)=O)C(=O)N[C@@H](CS)C(=O)O)[C@@H](C)O. The van der Waals surface area contributed by atoms with Gasteiger partial charge in [0.05, 0.1) is 49.3 Å². The zero-order valence-corrected chi connectivity index (χ0v) is 72.0. The van der Waals surface area contributed by atoms with Gasteiger partial charge < -0.3 is 149 Å². The van der Waals surface area contributed by atoms with Gasteiger partial charge >= 0.3 is 11.9 Å². The van der Waals surface area contributed by atoms with Crippen molar-refractivity contribution in [1.82, 2.24) is 99.3 Å². The van der Waals surface area contributed by atoms with Crippen LogP contribution < -0.4 is 109 Å². The number of thiol groups is 1. The molecule has 3 heterocycles. The highest BCUT2D eigenvalue weighted by Crippen LogP contribution is 2.22. The number of aliphatic hydroxyl groups is 2. The summed E-state index contributed by atoms with van der Waals surface area (Å²) in [5.41, 5.74) is 34.4. The Hall–Kier alpha value is -12.3. The Labute approximate surface area is 739 Å². The van der Waals surface area contributed by atoms with E-state index < -0.39 is 248 Å². The zero-order chi connectivity index (χ0) is 94.4. The van der Waals surface area contributed by atoms with E-state index in [0.717, 1.165) is 11.8 Å². The van der Waals surface area contributed by atoms with Crippen molar-refractivity contribution in [2.24, 2.45) is 34.4 Å². The van der Waals surface area contributed by atoms with E-state index in [1.54, 1.807) is 6.26 Å². The number of guanidine groups is 1. The molecule has 34 N–H and O–H groups in total. The number of unbranched alkanes of at least 4 members (excludes halogenated alkanes) is 2. The van der Waals surface area contributed by atoms with Crippen LogP contribution in [0.5, 0.6) is 5.75 Å². The number of nitrogens with two attached hydrogens (primary N) is 6. The lowest BCUT2D eigenvalue weighted by Crippen LogP contribution is -2.61. The number of carboxylic acids is 2. The van der Waals surface area contributed by atoms with E-state index in [1.165, 1.54) is 61.1 Å². The number of likely N-dealkylation sites (tertiary alicyclic amines) is 1. The summed E-state index contributed by atoms with van der Waals surface area (Å²) in [6.07, 6.45) is 2.15. The number of aromatic nitrogens is 4. The molecule has 1 aliphatic heterocycles. The second-order valence-corrected chi connectivity index (χ2v) is 31.2. The molecule has 15 atom stereocenters. The fraction of sp³-hybridized carbons (Fsp3) is 0.592. The quantitative estimate of drug-likeness (QED) is 0.0108. The van der Waals surface area contributed by atoms with Crippen molar-refractivity contribution >= 4 is 137 Å². The maximum atomic E-state index is 14.8. The Morgan fingerprint density at radius 2 is 0.976 bits per heavy atom. The third-order valence-electron chi connectivity index (χ3n) is 19.8. The summed E-state index contributed by atoms with van der Waals surface area (Å²) in [5.74, 6) is -19.6. The number of carboxylic acid groups (broad SMARTS) is 2. The second kappa shape index (κ2) is 56.6. The van der Waals surface area contributed by atoms with Gasteiger partial charge in [-0.05, 0) is 140 Å². The predicted octanol–water partition coefficient (Wildman–Crippen LogP) is -9.82. The molecule has 2 aromatic heterocycles. The molecule has 1 fully saturated rings. The Morgan fingerprint density at radius 1 is 0.535 bits per heavy atom. The summed E-state index contributed by atoms with van der Waals surface area (Å²) >= 11 is 5.28. The Morgan fingerprint density at radius 3 is 1.46 bits per heavy atom. The van der Waals surface area contributed by atoms with Crippen LogP contribution in [0.1, 0.15) is 133 Å². The number of imidazole rings is 2. The van der Waals surface area contributed by atoms with Crippen LogP contribution in [0.25, 0.3) is 0 Å². The number of H-pyrrole nitrogens is 2. The van der Waals surface area contributed by atoms with Crippen LogP contribution in [-0.4, -0.2) is 311 Å². The highest BCUT2D eigenvalue weighted by atomic mass is 32.2. The van der Waals surface area contributed by atoms with Crippen LogP contribution >= 0.6 is 24.4 Å². The number of aromatic amines is 2. The first-order chi connectivity index (χ1) is 60.3. The molecule has 704 valence electrons. The van der Waals surface area contributed by atoms with Crippen LogP contribution in [0.3, 0.4) is 0 Å². The van der Waals surface area contributed by atoms with Crippen molar-refractivity contribution in [2.75, 3.05) is 57.1 Å². The third-order valence-corrected chi connectivity index (χ3v) is 20.8. The number of phenolic OH excluding ortho intramolecular Hbond substituents is 1. The minimum Gasteiger partial charge on any atom is -0.508 e. The molecular formula is C76H120N26O23S2. The first kappa shape index (κ1) is 107. The number of aliphatic hydroxyl groups excluding tert-OH is 2. The van der Waals surface area contributed by atoms with Gasteiger partial charge in [-0.2, -0.15) is 24.4 Å².